The lowest BCUT2D eigenvalue weighted by Crippen LogP contribution is -2.40. The van der Waals surface area contributed by atoms with Crippen molar-refractivity contribution in [1.29, 1.82) is 0 Å². The summed E-state index contributed by atoms with van der Waals surface area (Å²) in [6.45, 7) is 2.62. The van der Waals surface area contributed by atoms with Gasteiger partial charge in [-0.2, -0.15) is 0 Å². The van der Waals surface area contributed by atoms with Gasteiger partial charge in [-0.1, -0.05) is 12.5 Å². The molecule has 0 saturated carbocycles. The van der Waals surface area contributed by atoms with Crippen molar-refractivity contribution < 1.29 is 13.9 Å². The van der Waals surface area contributed by atoms with Crippen molar-refractivity contribution in [3.8, 4) is 5.75 Å². The third-order valence-electron chi connectivity index (χ3n) is 4.49. The number of furan rings is 1. The van der Waals surface area contributed by atoms with Crippen LogP contribution in [0.2, 0.25) is 0 Å². The van der Waals surface area contributed by atoms with Crippen LogP contribution in [0.15, 0.2) is 47.1 Å². The van der Waals surface area contributed by atoms with Crippen LogP contribution >= 0.6 is 0 Å². The SMILES string of the molecule is COc1cccc(C(=O)NC[C@@H](c2ccco2)N2CCCCC2)c1. The number of carbonyl (C=O) groups is 1. The van der Waals surface area contributed by atoms with Crippen LogP contribution < -0.4 is 10.1 Å². The van der Waals surface area contributed by atoms with Gasteiger partial charge in [-0.25, -0.2) is 0 Å². The van der Waals surface area contributed by atoms with Crippen LogP contribution in [0.4, 0.5) is 0 Å². The molecule has 1 aliphatic rings. The Bertz CT molecular complexity index is 648. The molecule has 1 aliphatic heterocycles. The van der Waals surface area contributed by atoms with Gasteiger partial charge in [-0.05, 0) is 56.3 Å². The molecule has 0 unspecified atom stereocenters. The molecule has 1 amide bonds. The highest BCUT2D eigenvalue weighted by atomic mass is 16.5. The van der Waals surface area contributed by atoms with Crippen molar-refractivity contribution in [2.75, 3.05) is 26.7 Å². The molecule has 1 atom stereocenters. The first kappa shape index (κ1) is 16.6. The lowest BCUT2D eigenvalue weighted by molar-refractivity contribution is 0.0914. The van der Waals surface area contributed by atoms with Crippen molar-refractivity contribution in [3.05, 3.63) is 54.0 Å². The van der Waals surface area contributed by atoms with Gasteiger partial charge in [0, 0.05) is 12.1 Å². The predicted molar refractivity (Wildman–Crippen MR) is 92.2 cm³/mol. The molecule has 0 aliphatic carbocycles. The maximum absolute atomic E-state index is 12.5. The van der Waals surface area contributed by atoms with Crippen molar-refractivity contribution in [2.24, 2.45) is 0 Å². The Morgan fingerprint density at radius 3 is 2.79 bits per heavy atom. The van der Waals surface area contributed by atoms with E-state index in [0.29, 0.717) is 17.9 Å². The fraction of sp³-hybridized carbons (Fsp3) is 0.421. The molecule has 2 aromatic rings. The third-order valence-corrected chi connectivity index (χ3v) is 4.49. The number of piperidine rings is 1. The highest BCUT2D eigenvalue weighted by molar-refractivity contribution is 5.94. The Morgan fingerprint density at radius 2 is 2.08 bits per heavy atom. The second-order valence-corrected chi connectivity index (χ2v) is 6.07. The van der Waals surface area contributed by atoms with Gasteiger partial charge in [0.1, 0.15) is 11.5 Å². The van der Waals surface area contributed by atoms with E-state index in [1.54, 1.807) is 25.5 Å². The van der Waals surface area contributed by atoms with Crippen molar-refractivity contribution in [3.63, 3.8) is 0 Å². The number of carbonyl (C=O) groups excluding carboxylic acids is 1. The summed E-state index contributed by atoms with van der Waals surface area (Å²) in [6.07, 6.45) is 5.36. The average Bonchev–Trinajstić information content (AvgIpc) is 3.17. The minimum absolute atomic E-state index is 0.0786. The Balaban J connectivity index is 1.67. The van der Waals surface area contributed by atoms with E-state index in [1.807, 2.05) is 24.3 Å². The monoisotopic (exact) mass is 328 g/mol. The van der Waals surface area contributed by atoms with Crippen molar-refractivity contribution in [1.82, 2.24) is 10.2 Å². The Morgan fingerprint density at radius 1 is 1.25 bits per heavy atom. The first-order valence-electron chi connectivity index (χ1n) is 8.47. The van der Waals surface area contributed by atoms with Crippen LogP contribution in [0.3, 0.4) is 0 Å². The number of rotatable bonds is 6. The lowest BCUT2D eigenvalue weighted by Gasteiger charge is -2.33. The van der Waals surface area contributed by atoms with Gasteiger partial charge in [-0.3, -0.25) is 9.69 Å². The quantitative estimate of drug-likeness (QED) is 0.884. The summed E-state index contributed by atoms with van der Waals surface area (Å²) >= 11 is 0. The molecule has 128 valence electrons. The first-order chi connectivity index (χ1) is 11.8. The zero-order valence-corrected chi connectivity index (χ0v) is 14.0. The molecule has 2 heterocycles. The van der Waals surface area contributed by atoms with Crippen molar-refractivity contribution in [2.45, 2.75) is 25.3 Å². The molecular weight excluding hydrogens is 304 g/mol. The molecule has 3 rings (SSSR count). The number of nitrogens with one attached hydrogen (secondary N) is 1. The topological polar surface area (TPSA) is 54.7 Å². The summed E-state index contributed by atoms with van der Waals surface area (Å²) in [5, 5.41) is 3.04. The Hall–Kier alpha value is -2.27. The normalized spacial score (nSPS) is 16.5. The number of benzene rings is 1. The fourth-order valence-corrected chi connectivity index (χ4v) is 3.18. The largest absolute Gasteiger partial charge is 0.497 e. The number of ether oxygens (including phenoxy) is 1. The van der Waals surface area contributed by atoms with E-state index in [9.17, 15) is 4.79 Å². The maximum atomic E-state index is 12.5. The van der Waals surface area contributed by atoms with E-state index < -0.39 is 0 Å². The lowest BCUT2D eigenvalue weighted by atomic mass is 10.1. The average molecular weight is 328 g/mol. The molecule has 1 aromatic carbocycles. The zero-order valence-electron chi connectivity index (χ0n) is 14.0. The highest BCUT2D eigenvalue weighted by Gasteiger charge is 2.25. The summed E-state index contributed by atoms with van der Waals surface area (Å²) in [5.74, 6) is 1.49. The smallest absolute Gasteiger partial charge is 0.251 e. The van der Waals surface area contributed by atoms with E-state index in [0.717, 1.165) is 18.8 Å². The highest BCUT2D eigenvalue weighted by Crippen LogP contribution is 2.24. The molecule has 0 spiro atoms. The molecule has 1 N–H and O–H groups in total. The molecule has 1 fully saturated rings. The number of methoxy groups -OCH3 is 1. The molecular formula is C19H24N2O3. The number of hydrogen-bond acceptors (Lipinski definition) is 4. The van der Waals surface area contributed by atoms with Crippen LogP contribution in [-0.2, 0) is 0 Å². The van der Waals surface area contributed by atoms with Gasteiger partial charge in [-0.15, -0.1) is 0 Å². The standard InChI is InChI=1S/C19H24N2O3/c1-23-16-8-5-7-15(13-16)19(22)20-14-17(18-9-6-12-24-18)21-10-3-2-4-11-21/h5-9,12-13,17H,2-4,10-11,14H2,1H3,(H,20,22)/t17-/m0/s1. The van der Waals surface area contributed by atoms with Crippen molar-refractivity contribution >= 4 is 5.91 Å². The molecule has 5 heteroatoms. The van der Waals surface area contributed by atoms with Crippen LogP contribution in [0.1, 0.15) is 41.4 Å². The summed E-state index contributed by atoms with van der Waals surface area (Å²) in [7, 11) is 1.60. The van der Waals surface area contributed by atoms with Gasteiger partial charge in [0.25, 0.3) is 5.91 Å². The molecule has 0 radical (unpaired) electrons. The zero-order chi connectivity index (χ0) is 16.8. The molecule has 5 nitrogen and oxygen atoms in total. The fourth-order valence-electron chi connectivity index (χ4n) is 3.18. The summed E-state index contributed by atoms with van der Waals surface area (Å²) in [4.78, 5) is 14.9. The predicted octanol–water partition coefficient (Wildman–Crippen LogP) is 3.25. The van der Waals surface area contributed by atoms with Gasteiger partial charge in [0.05, 0.1) is 19.4 Å². The Kier molecular flexibility index (Phi) is 5.54. The molecule has 1 saturated heterocycles. The van der Waals surface area contributed by atoms with E-state index in [-0.39, 0.29) is 11.9 Å². The van der Waals surface area contributed by atoms with Crippen LogP contribution in [0.25, 0.3) is 0 Å². The first-order valence-corrected chi connectivity index (χ1v) is 8.47. The van der Waals surface area contributed by atoms with Gasteiger partial charge >= 0.3 is 0 Å². The summed E-state index contributed by atoms with van der Waals surface area (Å²) in [5.41, 5.74) is 0.603. The second kappa shape index (κ2) is 8.02. The second-order valence-electron chi connectivity index (χ2n) is 6.07. The number of nitrogens with zero attached hydrogens (tertiary/aromatic N) is 1. The number of amides is 1. The summed E-state index contributed by atoms with van der Waals surface area (Å²) < 4.78 is 10.8. The molecule has 1 aromatic heterocycles. The van der Waals surface area contributed by atoms with Crippen LogP contribution in [0.5, 0.6) is 5.75 Å². The molecule has 0 bridgehead atoms. The number of likely N-dealkylation sites (tertiary alicyclic amines) is 1. The van der Waals surface area contributed by atoms with Crippen LogP contribution in [0, 0.1) is 0 Å². The minimum Gasteiger partial charge on any atom is -0.497 e. The summed E-state index contributed by atoms with van der Waals surface area (Å²) in [6, 6.07) is 11.2. The van der Waals surface area contributed by atoms with E-state index in [2.05, 4.69) is 10.2 Å². The van der Waals surface area contributed by atoms with E-state index in [1.165, 1.54) is 19.3 Å². The van der Waals surface area contributed by atoms with Gasteiger partial charge < -0.3 is 14.5 Å². The molecule has 24 heavy (non-hydrogen) atoms. The minimum atomic E-state index is -0.0949. The maximum Gasteiger partial charge on any atom is 0.251 e. The van der Waals surface area contributed by atoms with Crippen LogP contribution in [-0.4, -0.2) is 37.6 Å². The number of hydrogen-bond donors (Lipinski definition) is 1. The Labute approximate surface area is 142 Å². The van der Waals surface area contributed by atoms with Gasteiger partial charge in [0.2, 0.25) is 0 Å². The van der Waals surface area contributed by atoms with E-state index >= 15 is 0 Å². The van der Waals surface area contributed by atoms with E-state index in [4.69, 9.17) is 9.15 Å². The van der Waals surface area contributed by atoms with Gasteiger partial charge in [0.15, 0.2) is 0 Å². The third kappa shape index (κ3) is 3.97.